The lowest BCUT2D eigenvalue weighted by atomic mass is 9.85. The normalized spacial score (nSPS) is 25.4. The molecule has 0 aromatic heterocycles. The Labute approximate surface area is 162 Å². The number of rotatable bonds is 5. The lowest BCUT2D eigenvalue weighted by molar-refractivity contribution is -0.159. The second kappa shape index (κ2) is 8.53. The monoisotopic (exact) mass is 391 g/mol. The van der Waals surface area contributed by atoms with E-state index >= 15 is 0 Å². The van der Waals surface area contributed by atoms with E-state index in [-0.39, 0.29) is 17.9 Å². The van der Waals surface area contributed by atoms with E-state index in [9.17, 15) is 24.0 Å². The number of ether oxygens (including phenoxy) is 1. The van der Waals surface area contributed by atoms with Gasteiger partial charge in [-0.05, 0) is 32.6 Å². The zero-order chi connectivity index (χ0) is 20.3. The summed E-state index contributed by atoms with van der Waals surface area (Å²) in [7, 11) is 0. The lowest BCUT2D eigenvalue weighted by Gasteiger charge is -2.17. The van der Waals surface area contributed by atoms with E-state index < -0.39 is 42.4 Å². The standard InChI is InChI=1S/C19H25N3O6/c1-11(16(24)21-19(27)20-12-6-2-3-7-12)28-15(23)10-22-17(25)13-8-4-5-9-14(13)18(22)26/h4-5,11-14H,2-3,6-10H2,1H3,(H2,20,21,24,27)/t11-,13+,14+/m1/s1. The lowest BCUT2D eigenvalue weighted by Crippen LogP contribution is -2.48. The smallest absolute Gasteiger partial charge is 0.326 e. The fourth-order valence-corrected chi connectivity index (χ4v) is 3.95. The van der Waals surface area contributed by atoms with Crippen molar-refractivity contribution in [1.82, 2.24) is 15.5 Å². The van der Waals surface area contributed by atoms with Gasteiger partial charge in [0.05, 0.1) is 11.8 Å². The number of hydrogen-bond acceptors (Lipinski definition) is 6. The van der Waals surface area contributed by atoms with Crippen molar-refractivity contribution in [3.05, 3.63) is 12.2 Å². The number of likely N-dealkylation sites (tertiary alicyclic amines) is 1. The summed E-state index contributed by atoms with van der Waals surface area (Å²) >= 11 is 0. The van der Waals surface area contributed by atoms with Crippen LogP contribution < -0.4 is 10.6 Å². The Morgan fingerprint density at radius 3 is 2.25 bits per heavy atom. The van der Waals surface area contributed by atoms with E-state index in [1.165, 1.54) is 6.92 Å². The predicted molar refractivity (Wildman–Crippen MR) is 96.6 cm³/mol. The molecule has 0 unspecified atom stereocenters. The van der Waals surface area contributed by atoms with Gasteiger partial charge in [-0.15, -0.1) is 0 Å². The van der Waals surface area contributed by atoms with E-state index in [1.807, 2.05) is 12.2 Å². The summed E-state index contributed by atoms with van der Waals surface area (Å²) in [6.45, 7) is 0.796. The maximum atomic E-state index is 12.3. The molecule has 3 atom stereocenters. The highest BCUT2D eigenvalue weighted by Crippen LogP contribution is 2.34. The minimum atomic E-state index is -1.22. The first kappa shape index (κ1) is 20.0. The fraction of sp³-hybridized carbons (Fsp3) is 0.632. The van der Waals surface area contributed by atoms with Crippen molar-refractivity contribution in [1.29, 1.82) is 0 Å². The molecule has 9 heteroatoms. The van der Waals surface area contributed by atoms with Gasteiger partial charge in [-0.2, -0.15) is 0 Å². The van der Waals surface area contributed by atoms with Crippen molar-refractivity contribution in [3.63, 3.8) is 0 Å². The number of amides is 5. The number of carbonyl (C=O) groups is 5. The van der Waals surface area contributed by atoms with Crippen molar-refractivity contribution in [3.8, 4) is 0 Å². The van der Waals surface area contributed by atoms with Crippen LogP contribution in [0.1, 0.15) is 45.4 Å². The molecule has 152 valence electrons. The Morgan fingerprint density at radius 2 is 1.68 bits per heavy atom. The maximum absolute atomic E-state index is 12.3. The number of imide groups is 2. The molecule has 1 heterocycles. The Kier molecular flexibility index (Phi) is 6.11. The second-order valence-corrected chi connectivity index (χ2v) is 7.49. The first-order chi connectivity index (χ1) is 13.4. The minimum Gasteiger partial charge on any atom is -0.451 e. The van der Waals surface area contributed by atoms with Gasteiger partial charge in [0.1, 0.15) is 6.54 Å². The summed E-state index contributed by atoms with van der Waals surface area (Å²) in [6, 6.07) is -0.572. The van der Waals surface area contributed by atoms with E-state index in [0.29, 0.717) is 12.8 Å². The van der Waals surface area contributed by atoms with Crippen LogP contribution in [0.25, 0.3) is 0 Å². The molecule has 1 saturated carbocycles. The molecule has 9 nitrogen and oxygen atoms in total. The number of carbonyl (C=O) groups excluding carboxylic acids is 5. The first-order valence-electron chi connectivity index (χ1n) is 9.68. The van der Waals surface area contributed by atoms with Crippen LogP contribution in [0.5, 0.6) is 0 Å². The molecule has 3 rings (SSSR count). The van der Waals surface area contributed by atoms with Crippen LogP contribution in [-0.2, 0) is 23.9 Å². The number of allylic oxidation sites excluding steroid dienone is 2. The number of nitrogens with one attached hydrogen (secondary N) is 2. The zero-order valence-corrected chi connectivity index (χ0v) is 15.8. The molecule has 0 spiro atoms. The fourth-order valence-electron chi connectivity index (χ4n) is 3.95. The number of hydrogen-bond donors (Lipinski definition) is 2. The van der Waals surface area contributed by atoms with Gasteiger partial charge >= 0.3 is 12.0 Å². The Balaban J connectivity index is 1.46. The van der Waals surface area contributed by atoms with Crippen LogP contribution in [-0.4, -0.2) is 53.3 Å². The van der Waals surface area contributed by atoms with Crippen molar-refractivity contribution in [2.45, 2.75) is 57.6 Å². The highest BCUT2D eigenvalue weighted by Gasteiger charge is 2.47. The molecule has 2 fully saturated rings. The third-order valence-corrected chi connectivity index (χ3v) is 5.49. The van der Waals surface area contributed by atoms with Gasteiger partial charge in [-0.3, -0.25) is 29.4 Å². The Morgan fingerprint density at radius 1 is 1.11 bits per heavy atom. The summed E-state index contributed by atoms with van der Waals surface area (Å²) in [5.74, 6) is -3.25. The number of fused-ring (bicyclic) bond motifs is 1. The molecule has 2 N–H and O–H groups in total. The molecular weight excluding hydrogens is 366 g/mol. The summed E-state index contributed by atoms with van der Waals surface area (Å²) in [6.07, 6.45) is 7.29. The van der Waals surface area contributed by atoms with Gasteiger partial charge in [0, 0.05) is 6.04 Å². The molecular formula is C19H25N3O6. The van der Waals surface area contributed by atoms with Gasteiger partial charge in [0.15, 0.2) is 6.10 Å². The van der Waals surface area contributed by atoms with Crippen molar-refractivity contribution in [2.75, 3.05) is 6.54 Å². The highest BCUT2D eigenvalue weighted by atomic mass is 16.5. The third-order valence-electron chi connectivity index (χ3n) is 5.49. The highest BCUT2D eigenvalue weighted by molar-refractivity contribution is 6.07. The molecule has 28 heavy (non-hydrogen) atoms. The second-order valence-electron chi connectivity index (χ2n) is 7.49. The molecule has 5 amide bonds. The number of nitrogens with zero attached hydrogens (tertiary/aromatic N) is 1. The van der Waals surface area contributed by atoms with E-state index in [1.54, 1.807) is 0 Å². The van der Waals surface area contributed by atoms with Crippen LogP contribution in [0.2, 0.25) is 0 Å². The summed E-state index contributed by atoms with van der Waals surface area (Å²) in [4.78, 5) is 61.6. The predicted octanol–water partition coefficient (Wildman–Crippen LogP) is 0.638. The van der Waals surface area contributed by atoms with Gasteiger partial charge < -0.3 is 10.1 Å². The summed E-state index contributed by atoms with van der Waals surface area (Å²) in [5.41, 5.74) is 0. The van der Waals surface area contributed by atoms with Gasteiger partial charge in [0.25, 0.3) is 5.91 Å². The molecule has 0 bridgehead atoms. The topological polar surface area (TPSA) is 122 Å². The van der Waals surface area contributed by atoms with Crippen molar-refractivity contribution >= 4 is 29.7 Å². The van der Waals surface area contributed by atoms with Crippen molar-refractivity contribution < 1.29 is 28.7 Å². The molecule has 2 aliphatic carbocycles. The molecule has 1 saturated heterocycles. The summed E-state index contributed by atoms with van der Waals surface area (Å²) in [5, 5.41) is 4.84. The van der Waals surface area contributed by atoms with Crippen LogP contribution in [0.3, 0.4) is 0 Å². The zero-order valence-electron chi connectivity index (χ0n) is 15.8. The van der Waals surface area contributed by atoms with E-state index in [4.69, 9.17) is 4.74 Å². The average Bonchev–Trinajstić information content (AvgIpc) is 3.24. The van der Waals surface area contributed by atoms with Crippen LogP contribution in [0, 0.1) is 11.8 Å². The summed E-state index contributed by atoms with van der Waals surface area (Å²) < 4.78 is 5.00. The molecule has 1 aliphatic heterocycles. The molecule has 3 aliphatic rings. The van der Waals surface area contributed by atoms with Crippen LogP contribution in [0.15, 0.2) is 12.2 Å². The van der Waals surface area contributed by atoms with Crippen LogP contribution in [0.4, 0.5) is 4.79 Å². The average molecular weight is 391 g/mol. The van der Waals surface area contributed by atoms with Crippen molar-refractivity contribution in [2.24, 2.45) is 11.8 Å². The SMILES string of the molecule is C[C@@H](OC(=O)CN1C(=O)[C@H]2CC=CC[C@@H]2C1=O)C(=O)NC(=O)NC1CCCC1. The third kappa shape index (κ3) is 4.40. The first-order valence-corrected chi connectivity index (χ1v) is 9.68. The van der Waals surface area contributed by atoms with Gasteiger partial charge in [-0.1, -0.05) is 25.0 Å². The molecule has 0 aromatic carbocycles. The molecule has 0 radical (unpaired) electrons. The van der Waals surface area contributed by atoms with Gasteiger partial charge in [-0.25, -0.2) is 4.79 Å². The minimum absolute atomic E-state index is 0.0517. The number of esters is 1. The maximum Gasteiger partial charge on any atom is 0.326 e. The van der Waals surface area contributed by atoms with Gasteiger partial charge in [0.2, 0.25) is 11.8 Å². The van der Waals surface area contributed by atoms with E-state index in [2.05, 4.69) is 10.6 Å². The quantitative estimate of drug-likeness (QED) is 0.403. The number of urea groups is 1. The van der Waals surface area contributed by atoms with E-state index in [0.717, 1.165) is 30.6 Å². The Hall–Kier alpha value is -2.71. The molecule has 0 aromatic rings. The largest absolute Gasteiger partial charge is 0.451 e. The van der Waals surface area contributed by atoms with Crippen LogP contribution >= 0.6 is 0 Å². The Bertz CT molecular complexity index is 686.